The highest BCUT2D eigenvalue weighted by Gasteiger charge is 2.24. The topological polar surface area (TPSA) is 62.5 Å². The van der Waals surface area contributed by atoms with E-state index in [1.807, 2.05) is 17.0 Å². The maximum atomic E-state index is 13.4. The number of rotatable bonds is 3. The van der Waals surface area contributed by atoms with Gasteiger partial charge in [-0.25, -0.2) is 13.9 Å². The van der Waals surface area contributed by atoms with Crippen molar-refractivity contribution in [2.24, 2.45) is 0 Å². The summed E-state index contributed by atoms with van der Waals surface area (Å²) in [6, 6.07) is 3.90. The van der Waals surface area contributed by atoms with E-state index in [0.717, 1.165) is 12.8 Å². The SMILES string of the molecule is O=C(NC1CCCCC1)c1cnc2ccc(N3CCC(F)C3)nn12. The van der Waals surface area contributed by atoms with Gasteiger partial charge in [0.2, 0.25) is 0 Å². The third-order valence-electron chi connectivity index (χ3n) is 4.98. The lowest BCUT2D eigenvalue weighted by molar-refractivity contribution is 0.0920. The van der Waals surface area contributed by atoms with Crippen LogP contribution < -0.4 is 10.2 Å². The van der Waals surface area contributed by atoms with Gasteiger partial charge in [0, 0.05) is 12.6 Å². The summed E-state index contributed by atoms with van der Waals surface area (Å²) in [7, 11) is 0. The number of anilines is 1. The summed E-state index contributed by atoms with van der Waals surface area (Å²) in [6.45, 7) is 1.01. The van der Waals surface area contributed by atoms with Crippen LogP contribution in [0.3, 0.4) is 0 Å². The Morgan fingerprint density at radius 1 is 1.21 bits per heavy atom. The van der Waals surface area contributed by atoms with Crippen molar-refractivity contribution in [1.82, 2.24) is 19.9 Å². The molecular formula is C17H22FN5O. The monoisotopic (exact) mass is 331 g/mol. The normalized spacial score (nSPS) is 22.2. The lowest BCUT2D eigenvalue weighted by Gasteiger charge is -2.22. The summed E-state index contributed by atoms with van der Waals surface area (Å²) in [5.41, 5.74) is 1.07. The molecule has 1 saturated heterocycles. The number of imidazole rings is 1. The summed E-state index contributed by atoms with van der Waals surface area (Å²) < 4.78 is 15.0. The molecule has 2 aliphatic rings. The third-order valence-corrected chi connectivity index (χ3v) is 4.98. The lowest BCUT2D eigenvalue weighted by atomic mass is 9.95. The number of amides is 1. The van der Waals surface area contributed by atoms with Crippen LogP contribution >= 0.6 is 0 Å². The first-order valence-electron chi connectivity index (χ1n) is 8.75. The van der Waals surface area contributed by atoms with Gasteiger partial charge in [-0.15, -0.1) is 5.10 Å². The van der Waals surface area contributed by atoms with Gasteiger partial charge in [-0.05, 0) is 31.4 Å². The number of aromatic nitrogens is 3. The molecule has 1 unspecified atom stereocenters. The van der Waals surface area contributed by atoms with Gasteiger partial charge in [0.15, 0.2) is 11.3 Å². The van der Waals surface area contributed by atoms with Gasteiger partial charge in [-0.2, -0.15) is 0 Å². The summed E-state index contributed by atoms with van der Waals surface area (Å²) >= 11 is 0. The van der Waals surface area contributed by atoms with E-state index in [0.29, 0.717) is 36.7 Å². The zero-order chi connectivity index (χ0) is 16.5. The van der Waals surface area contributed by atoms with Crippen molar-refractivity contribution in [1.29, 1.82) is 0 Å². The van der Waals surface area contributed by atoms with E-state index < -0.39 is 6.17 Å². The Hall–Kier alpha value is -2.18. The molecule has 0 spiro atoms. The maximum absolute atomic E-state index is 13.4. The lowest BCUT2D eigenvalue weighted by Crippen LogP contribution is -2.36. The van der Waals surface area contributed by atoms with Gasteiger partial charge in [-0.3, -0.25) is 4.79 Å². The molecule has 2 aromatic rings. The Morgan fingerprint density at radius 2 is 2.04 bits per heavy atom. The van der Waals surface area contributed by atoms with Crippen molar-refractivity contribution < 1.29 is 9.18 Å². The van der Waals surface area contributed by atoms with Gasteiger partial charge in [0.25, 0.3) is 5.91 Å². The molecule has 0 aromatic carbocycles. The zero-order valence-corrected chi connectivity index (χ0v) is 13.6. The van der Waals surface area contributed by atoms with Gasteiger partial charge in [0.1, 0.15) is 12.0 Å². The van der Waals surface area contributed by atoms with Crippen LogP contribution in [-0.2, 0) is 0 Å². The van der Waals surface area contributed by atoms with Crippen LogP contribution in [0, 0.1) is 0 Å². The van der Waals surface area contributed by atoms with Crippen molar-refractivity contribution in [2.75, 3.05) is 18.0 Å². The molecule has 7 heteroatoms. The van der Waals surface area contributed by atoms with E-state index in [1.54, 1.807) is 10.7 Å². The first kappa shape index (κ1) is 15.4. The number of hydrogen-bond acceptors (Lipinski definition) is 4. The molecule has 1 atom stereocenters. The number of halogens is 1. The van der Waals surface area contributed by atoms with Crippen molar-refractivity contribution in [3.8, 4) is 0 Å². The smallest absolute Gasteiger partial charge is 0.271 e. The quantitative estimate of drug-likeness (QED) is 0.938. The van der Waals surface area contributed by atoms with E-state index >= 15 is 0 Å². The Morgan fingerprint density at radius 3 is 2.79 bits per heavy atom. The highest BCUT2D eigenvalue weighted by Crippen LogP contribution is 2.21. The molecule has 1 saturated carbocycles. The fourth-order valence-electron chi connectivity index (χ4n) is 3.62. The maximum Gasteiger partial charge on any atom is 0.271 e. The summed E-state index contributed by atoms with van der Waals surface area (Å²) in [5.74, 6) is 0.552. The van der Waals surface area contributed by atoms with Crippen molar-refractivity contribution >= 4 is 17.4 Å². The fraction of sp³-hybridized carbons (Fsp3) is 0.588. The van der Waals surface area contributed by atoms with Crippen LogP contribution in [0.15, 0.2) is 18.3 Å². The minimum atomic E-state index is -0.806. The number of carbonyl (C=O) groups excluding carboxylic acids is 1. The van der Waals surface area contributed by atoms with Crippen LogP contribution in [0.1, 0.15) is 49.0 Å². The minimum Gasteiger partial charge on any atom is -0.352 e. The highest BCUT2D eigenvalue weighted by atomic mass is 19.1. The number of fused-ring (bicyclic) bond motifs is 1. The Kier molecular flexibility index (Phi) is 4.08. The van der Waals surface area contributed by atoms with Crippen molar-refractivity contribution in [3.63, 3.8) is 0 Å². The average molecular weight is 331 g/mol. The molecule has 2 fully saturated rings. The average Bonchev–Trinajstić information content (AvgIpc) is 3.21. The third kappa shape index (κ3) is 2.95. The second-order valence-corrected chi connectivity index (χ2v) is 6.75. The Bertz CT molecular complexity index is 740. The molecule has 1 aliphatic heterocycles. The van der Waals surface area contributed by atoms with Crippen LogP contribution in [0.5, 0.6) is 0 Å². The van der Waals surface area contributed by atoms with Gasteiger partial charge >= 0.3 is 0 Å². The second kappa shape index (κ2) is 6.37. The van der Waals surface area contributed by atoms with Crippen LogP contribution in [0.2, 0.25) is 0 Å². The molecule has 2 aromatic heterocycles. The first-order valence-corrected chi connectivity index (χ1v) is 8.75. The van der Waals surface area contributed by atoms with Gasteiger partial charge in [0.05, 0.1) is 12.7 Å². The predicted octanol–water partition coefficient (Wildman–Crippen LogP) is 2.34. The summed E-state index contributed by atoms with van der Waals surface area (Å²) in [5, 5.41) is 7.61. The molecule has 4 rings (SSSR count). The van der Waals surface area contributed by atoms with E-state index in [9.17, 15) is 9.18 Å². The molecule has 128 valence electrons. The fourth-order valence-corrected chi connectivity index (χ4v) is 3.62. The first-order chi connectivity index (χ1) is 11.7. The molecule has 24 heavy (non-hydrogen) atoms. The predicted molar refractivity (Wildman–Crippen MR) is 89.1 cm³/mol. The molecule has 1 N–H and O–H groups in total. The molecule has 3 heterocycles. The van der Waals surface area contributed by atoms with E-state index in [-0.39, 0.29) is 11.9 Å². The van der Waals surface area contributed by atoms with Crippen molar-refractivity contribution in [3.05, 3.63) is 24.0 Å². The molecule has 1 aliphatic carbocycles. The van der Waals surface area contributed by atoms with Crippen LogP contribution in [0.4, 0.5) is 10.2 Å². The molecular weight excluding hydrogens is 309 g/mol. The Labute approximate surface area is 140 Å². The highest BCUT2D eigenvalue weighted by molar-refractivity contribution is 5.93. The standard InChI is InChI=1S/C17H22FN5O/c18-12-8-9-22(11-12)16-7-6-15-19-10-14(23(15)21-16)17(24)20-13-4-2-1-3-5-13/h6-7,10,12-13H,1-5,8-9,11H2,(H,20,24). The van der Waals surface area contributed by atoms with Gasteiger partial charge in [-0.1, -0.05) is 19.3 Å². The summed E-state index contributed by atoms with van der Waals surface area (Å²) in [6.07, 6.45) is 6.93. The Balaban J connectivity index is 1.57. The largest absolute Gasteiger partial charge is 0.352 e. The molecule has 6 nitrogen and oxygen atoms in total. The van der Waals surface area contributed by atoms with E-state index in [1.165, 1.54) is 19.3 Å². The van der Waals surface area contributed by atoms with Gasteiger partial charge < -0.3 is 10.2 Å². The number of carbonyl (C=O) groups is 1. The minimum absolute atomic E-state index is 0.135. The number of hydrogen-bond donors (Lipinski definition) is 1. The summed E-state index contributed by atoms with van der Waals surface area (Å²) in [4.78, 5) is 18.8. The van der Waals surface area contributed by atoms with Crippen LogP contribution in [0.25, 0.3) is 5.65 Å². The number of alkyl halides is 1. The molecule has 0 radical (unpaired) electrons. The van der Waals surface area contributed by atoms with E-state index in [4.69, 9.17) is 0 Å². The number of nitrogens with zero attached hydrogens (tertiary/aromatic N) is 4. The van der Waals surface area contributed by atoms with Crippen molar-refractivity contribution in [2.45, 2.75) is 50.7 Å². The molecule has 1 amide bonds. The second-order valence-electron chi connectivity index (χ2n) is 6.75. The number of nitrogens with one attached hydrogen (secondary N) is 1. The van der Waals surface area contributed by atoms with Crippen LogP contribution in [-0.4, -0.2) is 45.8 Å². The van der Waals surface area contributed by atoms with E-state index in [2.05, 4.69) is 15.4 Å². The molecule has 0 bridgehead atoms. The zero-order valence-electron chi connectivity index (χ0n) is 13.6.